The maximum Gasteiger partial charge on any atom is 0.228 e. The summed E-state index contributed by atoms with van der Waals surface area (Å²) < 4.78 is 0.749. The number of carbonyl (C=O) groups is 1. The zero-order chi connectivity index (χ0) is 14.4. The number of halogens is 1. The number of carbonyl (C=O) groups excluding carboxylic acids is 1. The molecule has 2 rings (SSSR count). The van der Waals surface area contributed by atoms with E-state index in [0.29, 0.717) is 5.82 Å². The second-order valence-corrected chi connectivity index (χ2v) is 6.51. The van der Waals surface area contributed by atoms with E-state index in [1.165, 1.54) is 32.1 Å². The van der Waals surface area contributed by atoms with Gasteiger partial charge in [-0.1, -0.05) is 32.3 Å². The summed E-state index contributed by atoms with van der Waals surface area (Å²) in [4.78, 5) is 16.5. The smallest absolute Gasteiger partial charge is 0.228 e. The maximum atomic E-state index is 12.2. The number of pyridine rings is 1. The molecular formula is C16H23BrN2O. The summed E-state index contributed by atoms with van der Waals surface area (Å²) in [5, 5.41) is 2.93. The van der Waals surface area contributed by atoms with E-state index in [4.69, 9.17) is 0 Å². The summed E-state index contributed by atoms with van der Waals surface area (Å²) in [6.45, 7) is 2.24. The molecule has 0 bridgehead atoms. The predicted octanol–water partition coefficient (Wildman–Crippen LogP) is 4.78. The van der Waals surface area contributed by atoms with Gasteiger partial charge in [-0.15, -0.1) is 0 Å². The molecule has 0 aromatic carbocycles. The lowest BCUT2D eigenvalue weighted by molar-refractivity contribution is -0.121. The Balaban J connectivity index is 1.80. The predicted molar refractivity (Wildman–Crippen MR) is 85.5 cm³/mol. The van der Waals surface area contributed by atoms with Crippen LogP contribution in [0.5, 0.6) is 0 Å². The molecule has 20 heavy (non-hydrogen) atoms. The van der Waals surface area contributed by atoms with E-state index in [-0.39, 0.29) is 11.8 Å². The Bertz CT molecular complexity index is 442. The third-order valence-electron chi connectivity index (χ3n) is 4.15. The fraction of sp³-hybridized carbons (Fsp3) is 0.625. The Kier molecular flexibility index (Phi) is 6.02. The highest BCUT2D eigenvalue weighted by Crippen LogP contribution is 2.32. The lowest BCUT2D eigenvalue weighted by atomic mass is 9.79. The standard InChI is InChI=1S/C16H23BrN2O/c1-2-3-5-12-8-10-13(11-9-12)16(20)19-15-7-4-6-14(17)18-15/h4,6-7,12-13H,2-3,5,8-11H2,1H3,(H,18,19,20). The van der Waals surface area contributed by atoms with Crippen molar-refractivity contribution >= 4 is 27.7 Å². The van der Waals surface area contributed by atoms with Gasteiger partial charge in [0.2, 0.25) is 5.91 Å². The molecule has 4 heteroatoms. The molecule has 1 aromatic heterocycles. The maximum absolute atomic E-state index is 12.2. The van der Waals surface area contributed by atoms with Crippen molar-refractivity contribution in [2.24, 2.45) is 11.8 Å². The van der Waals surface area contributed by atoms with Crippen LogP contribution in [0.2, 0.25) is 0 Å². The number of nitrogens with zero attached hydrogens (tertiary/aromatic N) is 1. The Hall–Kier alpha value is -0.900. The molecule has 1 aliphatic rings. The van der Waals surface area contributed by atoms with Crippen LogP contribution in [-0.2, 0) is 4.79 Å². The summed E-state index contributed by atoms with van der Waals surface area (Å²) in [5.74, 6) is 1.76. The molecule has 1 aromatic rings. The fourth-order valence-electron chi connectivity index (χ4n) is 2.91. The minimum absolute atomic E-state index is 0.129. The van der Waals surface area contributed by atoms with Gasteiger partial charge < -0.3 is 5.32 Å². The summed E-state index contributed by atoms with van der Waals surface area (Å²) in [6.07, 6.45) is 8.37. The highest BCUT2D eigenvalue weighted by atomic mass is 79.9. The second kappa shape index (κ2) is 7.77. The van der Waals surface area contributed by atoms with Crippen molar-refractivity contribution in [2.75, 3.05) is 5.32 Å². The molecule has 0 radical (unpaired) electrons. The van der Waals surface area contributed by atoms with Gasteiger partial charge in [-0.2, -0.15) is 0 Å². The summed E-state index contributed by atoms with van der Waals surface area (Å²) in [6, 6.07) is 5.57. The lowest BCUT2D eigenvalue weighted by Crippen LogP contribution is -2.27. The Morgan fingerprint density at radius 2 is 2.10 bits per heavy atom. The van der Waals surface area contributed by atoms with Gasteiger partial charge in [-0.3, -0.25) is 4.79 Å². The van der Waals surface area contributed by atoms with Crippen LogP contribution >= 0.6 is 15.9 Å². The largest absolute Gasteiger partial charge is 0.310 e. The van der Waals surface area contributed by atoms with Crippen molar-refractivity contribution in [3.63, 3.8) is 0 Å². The van der Waals surface area contributed by atoms with E-state index in [2.05, 4.69) is 33.2 Å². The fourth-order valence-corrected chi connectivity index (χ4v) is 3.26. The first kappa shape index (κ1) is 15.5. The molecule has 1 aliphatic carbocycles. The number of hydrogen-bond acceptors (Lipinski definition) is 2. The van der Waals surface area contributed by atoms with Gasteiger partial charge in [0.1, 0.15) is 10.4 Å². The summed E-state index contributed by atoms with van der Waals surface area (Å²) in [7, 11) is 0. The Morgan fingerprint density at radius 3 is 2.75 bits per heavy atom. The molecule has 0 spiro atoms. The van der Waals surface area contributed by atoms with E-state index >= 15 is 0 Å². The molecule has 0 aliphatic heterocycles. The third kappa shape index (κ3) is 4.58. The van der Waals surface area contributed by atoms with Gasteiger partial charge in [0.05, 0.1) is 0 Å². The third-order valence-corrected chi connectivity index (χ3v) is 4.59. The molecule has 0 atom stereocenters. The number of unbranched alkanes of at least 4 members (excludes halogenated alkanes) is 1. The van der Waals surface area contributed by atoms with Gasteiger partial charge >= 0.3 is 0 Å². The first-order valence-corrected chi connectivity index (χ1v) is 8.41. The topological polar surface area (TPSA) is 42.0 Å². The van der Waals surface area contributed by atoms with Crippen molar-refractivity contribution in [1.82, 2.24) is 4.98 Å². The Morgan fingerprint density at radius 1 is 1.35 bits per heavy atom. The van der Waals surface area contributed by atoms with Crippen LogP contribution in [0.1, 0.15) is 51.9 Å². The zero-order valence-corrected chi connectivity index (χ0v) is 13.7. The SMILES string of the molecule is CCCCC1CCC(C(=O)Nc2cccc(Br)n2)CC1. The minimum Gasteiger partial charge on any atom is -0.310 e. The molecule has 0 unspecified atom stereocenters. The highest BCUT2D eigenvalue weighted by molar-refractivity contribution is 9.10. The number of hydrogen-bond donors (Lipinski definition) is 1. The monoisotopic (exact) mass is 338 g/mol. The second-order valence-electron chi connectivity index (χ2n) is 5.69. The molecule has 1 N–H and O–H groups in total. The number of aromatic nitrogens is 1. The van der Waals surface area contributed by atoms with Crippen LogP contribution in [0.3, 0.4) is 0 Å². The molecule has 110 valence electrons. The van der Waals surface area contributed by atoms with Crippen molar-refractivity contribution in [1.29, 1.82) is 0 Å². The van der Waals surface area contributed by atoms with Crippen molar-refractivity contribution in [2.45, 2.75) is 51.9 Å². The van der Waals surface area contributed by atoms with E-state index in [9.17, 15) is 4.79 Å². The van der Waals surface area contributed by atoms with Gasteiger partial charge in [-0.05, 0) is 59.7 Å². The summed E-state index contributed by atoms with van der Waals surface area (Å²) in [5.41, 5.74) is 0. The lowest BCUT2D eigenvalue weighted by Gasteiger charge is -2.27. The van der Waals surface area contributed by atoms with Crippen LogP contribution < -0.4 is 5.32 Å². The molecule has 1 heterocycles. The first-order valence-electron chi connectivity index (χ1n) is 7.62. The number of nitrogens with one attached hydrogen (secondary N) is 1. The van der Waals surface area contributed by atoms with Gasteiger partial charge in [-0.25, -0.2) is 4.98 Å². The molecule has 1 saturated carbocycles. The molecule has 3 nitrogen and oxygen atoms in total. The van der Waals surface area contributed by atoms with Crippen molar-refractivity contribution < 1.29 is 4.79 Å². The van der Waals surface area contributed by atoms with Gasteiger partial charge in [0, 0.05) is 5.92 Å². The Labute approximate surface area is 129 Å². The number of anilines is 1. The molecule has 0 saturated heterocycles. The average molecular weight is 339 g/mol. The van der Waals surface area contributed by atoms with Crippen LogP contribution in [0, 0.1) is 11.8 Å². The molecule has 1 fully saturated rings. The van der Waals surface area contributed by atoms with E-state index in [0.717, 1.165) is 23.4 Å². The van der Waals surface area contributed by atoms with Crippen LogP contribution in [-0.4, -0.2) is 10.9 Å². The average Bonchev–Trinajstić information content (AvgIpc) is 2.45. The minimum atomic E-state index is 0.129. The van der Waals surface area contributed by atoms with Crippen LogP contribution in [0.4, 0.5) is 5.82 Å². The number of amides is 1. The van der Waals surface area contributed by atoms with E-state index in [1.807, 2.05) is 18.2 Å². The van der Waals surface area contributed by atoms with Crippen molar-refractivity contribution in [3.05, 3.63) is 22.8 Å². The van der Waals surface area contributed by atoms with Gasteiger partial charge in [0.15, 0.2) is 0 Å². The zero-order valence-electron chi connectivity index (χ0n) is 12.1. The van der Waals surface area contributed by atoms with Crippen LogP contribution in [0.25, 0.3) is 0 Å². The van der Waals surface area contributed by atoms with Crippen LogP contribution in [0.15, 0.2) is 22.8 Å². The van der Waals surface area contributed by atoms with E-state index in [1.54, 1.807) is 0 Å². The van der Waals surface area contributed by atoms with E-state index < -0.39 is 0 Å². The molecule has 1 amide bonds. The summed E-state index contributed by atoms with van der Waals surface area (Å²) >= 11 is 3.32. The van der Waals surface area contributed by atoms with Gasteiger partial charge in [0.25, 0.3) is 0 Å². The quantitative estimate of drug-likeness (QED) is 0.785. The normalized spacial score (nSPS) is 22.5. The number of rotatable bonds is 5. The first-order chi connectivity index (χ1) is 9.69. The van der Waals surface area contributed by atoms with Crippen molar-refractivity contribution in [3.8, 4) is 0 Å². The highest BCUT2D eigenvalue weighted by Gasteiger charge is 2.26. The molecular weight excluding hydrogens is 316 g/mol.